The van der Waals surface area contributed by atoms with Crippen LogP contribution in [0.5, 0.6) is 5.75 Å². The van der Waals surface area contributed by atoms with E-state index in [2.05, 4.69) is 37.1 Å². The zero-order chi connectivity index (χ0) is 37.8. The zero-order valence-corrected chi connectivity index (χ0v) is 31.5. The summed E-state index contributed by atoms with van der Waals surface area (Å²) in [4.78, 5) is 35.6. The molecule has 0 radical (unpaired) electrons. The van der Waals surface area contributed by atoms with E-state index < -0.39 is 11.7 Å². The van der Waals surface area contributed by atoms with Crippen LogP contribution in [0.15, 0.2) is 48.9 Å². The molecule has 0 atom stereocenters. The average molecular weight is 736 g/mol. The minimum absolute atomic E-state index is 0.00691. The van der Waals surface area contributed by atoms with Crippen LogP contribution in [-0.2, 0) is 20.5 Å². The van der Waals surface area contributed by atoms with Crippen molar-refractivity contribution < 1.29 is 32.2 Å². The molecule has 4 aliphatic carbocycles. The Morgan fingerprint density at radius 1 is 0.962 bits per heavy atom. The molecule has 0 spiro atoms. The maximum Gasteiger partial charge on any atom is 0.413 e. The Kier molecular flexibility index (Phi) is 9.81. The third-order valence-corrected chi connectivity index (χ3v) is 13.0. The highest BCUT2D eigenvalue weighted by molar-refractivity contribution is 5.95. The van der Waals surface area contributed by atoms with Crippen LogP contribution in [-0.4, -0.2) is 70.7 Å². The molecule has 9 nitrogen and oxygen atoms in total. The third kappa shape index (κ3) is 7.14. The van der Waals surface area contributed by atoms with Gasteiger partial charge in [0.25, 0.3) is 0 Å². The fraction of sp³-hybridized carbons (Fsp3) is 0.610. The molecule has 1 aromatic carbocycles. The van der Waals surface area contributed by atoms with E-state index in [1.54, 1.807) is 24.3 Å². The lowest BCUT2D eigenvalue weighted by molar-refractivity contribution is -0.205. The van der Waals surface area contributed by atoms with Gasteiger partial charge in [0.05, 0.1) is 13.3 Å². The highest BCUT2D eigenvalue weighted by Crippen LogP contribution is 2.58. The Morgan fingerprint density at radius 2 is 1.64 bits per heavy atom. The second-order valence-electron chi connectivity index (χ2n) is 16.9. The number of pyridine rings is 1. The van der Waals surface area contributed by atoms with Crippen molar-refractivity contribution in [2.75, 3.05) is 31.6 Å². The third-order valence-electron chi connectivity index (χ3n) is 13.0. The number of alkyl halides is 3. The average Bonchev–Trinajstić information content (AvgIpc) is 3.65. The Bertz CT molecular complexity index is 1800. The lowest BCUT2D eigenvalue weighted by Crippen LogP contribution is -2.52. The zero-order valence-electron chi connectivity index (χ0n) is 31.5. The van der Waals surface area contributed by atoms with Gasteiger partial charge in [-0.1, -0.05) is 19.1 Å². The summed E-state index contributed by atoms with van der Waals surface area (Å²) in [6.45, 7) is 8.36. The molecule has 5 fully saturated rings. The van der Waals surface area contributed by atoms with Gasteiger partial charge in [0.2, 0.25) is 5.91 Å². The van der Waals surface area contributed by atoms with Gasteiger partial charge in [0, 0.05) is 43.5 Å². The molecule has 53 heavy (non-hydrogen) atoms. The summed E-state index contributed by atoms with van der Waals surface area (Å²) in [7, 11) is 1.70. The van der Waals surface area contributed by atoms with Crippen LogP contribution in [0.4, 0.5) is 23.8 Å². The number of fused-ring (bicyclic) bond motifs is 3. The lowest BCUT2D eigenvalue weighted by Gasteiger charge is -2.55. The van der Waals surface area contributed by atoms with E-state index in [4.69, 9.17) is 14.5 Å². The van der Waals surface area contributed by atoms with Gasteiger partial charge in [0.1, 0.15) is 17.7 Å². The Balaban J connectivity index is 1.12. The molecule has 3 aromatic rings. The van der Waals surface area contributed by atoms with Gasteiger partial charge in [0.15, 0.2) is 5.54 Å². The standard InChI is InChI=1S/C41H52F3N5O4/c1-27-23-47(24-27)37(51)53-33-9-6-29(7-10-33)36(50)48(35-21-30(12-19-45-35)31-22-46-49(25-31)38(3,4)41(42,43)44)26-39-13-16-40(17-14-39,18-15-39)32-8-11-34(52-5)28(2)20-32/h8,11-12,19-22,25,27,29,33H,6-7,9-10,13-18,23-24,26H2,1-5H3/t29-,33-,39?,40?. The topological polar surface area (TPSA) is 89.8 Å². The van der Waals surface area contributed by atoms with Crippen LogP contribution in [0, 0.1) is 24.2 Å². The normalized spacial score (nSPS) is 26.2. The van der Waals surface area contributed by atoms with E-state index >= 15 is 0 Å². The highest BCUT2D eigenvalue weighted by atomic mass is 19.4. The molecule has 2 aromatic heterocycles. The molecular formula is C41H52F3N5O4. The fourth-order valence-corrected chi connectivity index (χ4v) is 9.12. The second-order valence-corrected chi connectivity index (χ2v) is 16.9. The number of nitrogens with zero attached hydrogens (tertiary/aromatic N) is 5. The van der Waals surface area contributed by atoms with Crippen LogP contribution in [0.1, 0.15) is 96.1 Å². The molecule has 3 heterocycles. The molecule has 1 aliphatic heterocycles. The van der Waals surface area contributed by atoms with Gasteiger partial charge in [-0.05, 0) is 137 Å². The summed E-state index contributed by atoms with van der Waals surface area (Å²) in [6.07, 6.45) is 8.02. The van der Waals surface area contributed by atoms with Crippen LogP contribution in [0.2, 0.25) is 0 Å². The van der Waals surface area contributed by atoms with Crippen molar-refractivity contribution in [1.82, 2.24) is 19.7 Å². The fourth-order valence-electron chi connectivity index (χ4n) is 9.12. The smallest absolute Gasteiger partial charge is 0.413 e. The number of aromatic nitrogens is 3. The predicted molar refractivity (Wildman–Crippen MR) is 196 cm³/mol. The first-order valence-corrected chi connectivity index (χ1v) is 19.1. The molecule has 5 aliphatic rings. The first-order chi connectivity index (χ1) is 25.1. The number of aryl methyl sites for hydroxylation is 1. The van der Waals surface area contributed by atoms with Crippen molar-refractivity contribution in [2.45, 2.75) is 115 Å². The van der Waals surface area contributed by atoms with Gasteiger partial charge in [-0.2, -0.15) is 18.3 Å². The number of rotatable bonds is 9. The number of hydrogen-bond acceptors (Lipinski definition) is 6. The number of carbonyl (C=O) groups excluding carboxylic acids is 2. The number of ether oxygens (including phenoxy) is 2. The molecule has 4 saturated carbocycles. The summed E-state index contributed by atoms with van der Waals surface area (Å²) in [5.41, 5.74) is 1.51. The van der Waals surface area contributed by atoms with Crippen molar-refractivity contribution in [1.29, 1.82) is 0 Å². The quantitative estimate of drug-likeness (QED) is 0.218. The van der Waals surface area contributed by atoms with Crippen LogP contribution in [0.3, 0.4) is 0 Å². The SMILES string of the molecule is COc1ccc(C23CCC(CN(c4cc(-c5cnn(C(C)(C)C(F)(F)F)c5)ccn4)C(=O)[C@H]4CC[C@H](OC(=O)N5CC(C)C5)CC4)(CC2)CC3)cc1C. The monoisotopic (exact) mass is 735 g/mol. The van der Waals surface area contributed by atoms with Crippen molar-refractivity contribution in [3.05, 3.63) is 60.0 Å². The van der Waals surface area contributed by atoms with Gasteiger partial charge in [-0.15, -0.1) is 0 Å². The van der Waals surface area contributed by atoms with E-state index in [1.165, 1.54) is 18.0 Å². The molecular weight excluding hydrogens is 683 g/mol. The van der Waals surface area contributed by atoms with Gasteiger partial charge < -0.3 is 14.4 Å². The summed E-state index contributed by atoms with van der Waals surface area (Å²) in [6, 6.07) is 10.1. The number of carbonyl (C=O) groups is 2. The maximum absolute atomic E-state index is 14.7. The van der Waals surface area contributed by atoms with Crippen LogP contribution < -0.4 is 9.64 Å². The summed E-state index contributed by atoms with van der Waals surface area (Å²) >= 11 is 0. The summed E-state index contributed by atoms with van der Waals surface area (Å²) in [5, 5.41) is 4.08. The molecule has 12 heteroatoms. The Morgan fingerprint density at radius 3 is 2.25 bits per heavy atom. The van der Waals surface area contributed by atoms with Crippen LogP contribution >= 0.6 is 0 Å². The molecule has 8 rings (SSSR count). The molecule has 0 N–H and O–H groups in total. The number of likely N-dealkylation sites (tertiary alicyclic amines) is 1. The minimum atomic E-state index is -4.49. The summed E-state index contributed by atoms with van der Waals surface area (Å²) in [5.74, 6) is 1.64. The van der Waals surface area contributed by atoms with Crippen LogP contribution in [0.25, 0.3) is 11.1 Å². The summed E-state index contributed by atoms with van der Waals surface area (Å²) < 4.78 is 53.8. The molecule has 1 saturated heterocycles. The van der Waals surface area contributed by atoms with E-state index in [0.29, 0.717) is 55.1 Å². The van der Waals surface area contributed by atoms with Gasteiger partial charge >= 0.3 is 12.3 Å². The maximum atomic E-state index is 14.7. The number of anilines is 1. The van der Waals surface area contributed by atoms with E-state index in [1.807, 2.05) is 11.0 Å². The van der Waals surface area contributed by atoms with Crippen molar-refractivity contribution in [3.63, 3.8) is 0 Å². The largest absolute Gasteiger partial charge is 0.496 e. The Labute approximate surface area is 310 Å². The Hall–Kier alpha value is -4.09. The number of benzene rings is 1. The molecule has 2 bridgehead atoms. The van der Waals surface area contributed by atoms with Crippen molar-refractivity contribution >= 4 is 17.8 Å². The lowest BCUT2D eigenvalue weighted by atomic mass is 9.51. The van der Waals surface area contributed by atoms with Crippen molar-refractivity contribution in [2.24, 2.45) is 17.3 Å². The minimum Gasteiger partial charge on any atom is -0.496 e. The van der Waals surface area contributed by atoms with Crippen molar-refractivity contribution in [3.8, 4) is 16.9 Å². The predicted octanol–water partition coefficient (Wildman–Crippen LogP) is 8.83. The number of amides is 2. The number of halogens is 3. The molecule has 2 amide bonds. The molecule has 0 unspecified atom stereocenters. The van der Waals surface area contributed by atoms with Gasteiger partial charge in [-0.25, -0.2) is 9.78 Å². The molecule has 286 valence electrons. The van der Waals surface area contributed by atoms with Gasteiger partial charge in [-0.3, -0.25) is 14.4 Å². The first kappa shape index (κ1) is 37.2. The van der Waals surface area contributed by atoms with E-state index in [9.17, 15) is 22.8 Å². The first-order valence-electron chi connectivity index (χ1n) is 19.1. The van der Waals surface area contributed by atoms with E-state index in [0.717, 1.165) is 81.5 Å². The number of hydrogen-bond donors (Lipinski definition) is 0. The number of methoxy groups -OCH3 is 1. The highest BCUT2D eigenvalue weighted by Gasteiger charge is 2.51. The van der Waals surface area contributed by atoms with E-state index in [-0.39, 0.29) is 34.9 Å². The second kappa shape index (κ2) is 14.0.